The van der Waals surface area contributed by atoms with Crippen molar-refractivity contribution in [1.29, 1.82) is 0 Å². The van der Waals surface area contributed by atoms with Crippen LogP contribution in [0.2, 0.25) is 0 Å². The van der Waals surface area contributed by atoms with Gasteiger partial charge in [-0.15, -0.1) is 0 Å². The fourth-order valence-corrected chi connectivity index (χ4v) is 3.04. The van der Waals surface area contributed by atoms with Crippen LogP contribution >= 0.6 is 15.9 Å². The fraction of sp³-hybridized carbons (Fsp3) is 0.471. The Morgan fingerprint density at radius 3 is 2.86 bits per heavy atom. The van der Waals surface area contributed by atoms with E-state index in [1.165, 1.54) is 12.0 Å². The Hall–Kier alpha value is -1.29. The number of alkyl halides is 1. The Balaban J connectivity index is 1.85. The summed E-state index contributed by atoms with van der Waals surface area (Å²) in [6.07, 6.45) is 4.43. The average molecular weight is 350 g/mol. The van der Waals surface area contributed by atoms with Crippen molar-refractivity contribution in [2.75, 3.05) is 11.9 Å². The van der Waals surface area contributed by atoms with Crippen molar-refractivity contribution in [3.63, 3.8) is 0 Å². The Morgan fingerprint density at radius 2 is 2.19 bits per heavy atom. The van der Waals surface area contributed by atoms with Crippen LogP contribution in [-0.4, -0.2) is 28.7 Å². The molecule has 1 aromatic carbocycles. The highest BCUT2D eigenvalue weighted by atomic mass is 79.9. The molecule has 1 heterocycles. The second-order valence-electron chi connectivity index (χ2n) is 5.78. The van der Waals surface area contributed by atoms with Crippen molar-refractivity contribution in [3.8, 4) is 0 Å². The Labute approximate surface area is 133 Å². The molecule has 1 aliphatic carbocycles. The molecule has 0 unspecified atom stereocenters. The Morgan fingerprint density at radius 1 is 1.38 bits per heavy atom. The third-order valence-corrected chi connectivity index (χ3v) is 4.75. The van der Waals surface area contributed by atoms with Crippen molar-refractivity contribution in [3.05, 3.63) is 35.6 Å². The van der Waals surface area contributed by atoms with Crippen LogP contribution in [0.5, 0.6) is 0 Å². The number of halogens is 1. The molecule has 3 nitrogen and oxygen atoms in total. The summed E-state index contributed by atoms with van der Waals surface area (Å²) < 4.78 is 5.76. The maximum atomic E-state index is 12.8. The minimum atomic E-state index is 0.0366. The highest BCUT2D eigenvalue weighted by molar-refractivity contribution is 9.09. The van der Waals surface area contributed by atoms with Crippen LogP contribution in [0.3, 0.4) is 0 Å². The number of benzene rings is 1. The number of carbonyl (C=O) groups is 1. The van der Waals surface area contributed by atoms with Gasteiger partial charge in [0.15, 0.2) is 5.76 Å². The fourth-order valence-electron chi connectivity index (χ4n) is 2.79. The number of carbonyl (C=O) groups excluding carboxylic acids is 1. The number of fused-ring (bicyclic) bond motifs is 1. The van der Waals surface area contributed by atoms with Crippen molar-refractivity contribution in [1.82, 2.24) is 4.90 Å². The molecular weight excluding hydrogens is 330 g/mol. The van der Waals surface area contributed by atoms with E-state index < -0.39 is 0 Å². The molecular formula is C17H20BrNO2. The first-order valence-corrected chi connectivity index (χ1v) is 8.68. The molecule has 4 heteroatoms. The molecule has 1 fully saturated rings. The van der Waals surface area contributed by atoms with E-state index in [-0.39, 0.29) is 5.91 Å². The summed E-state index contributed by atoms with van der Waals surface area (Å²) >= 11 is 3.45. The summed E-state index contributed by atoms with van der Waals surface area (Å²) in [6.45, 7) is 2.84. The molecule has 0 bridgehead atoms. The van der Waals surface area contributed by atoms with Gasteiger partial charge in [-0.05, 0) is 50.8 Å². The molecule has 0 saturated heterocycles. The standard InChI is InChI=1S/C17H20BrNO2/c1-12-6-7-15-13(10-12)11-16(21-15)17(20)19(9-3-8-18)14-4-2-5-14/h6-7,10-11,14H,2-5,8-9H2,1H3. The van der Waals surface area contributed by atoms with Crippen molar-refractivity contribution in [2.24, 2.45) is 0 Å². The van der Waals surface area contributed by atoms with Gasteiger partial charge in [0, 0.05) is 23.3 Å². The first-order chi connectivity index (χ1) is 10.2. The number of nitrogens with zero attached hydrogens (tertiary/aromatic N) is 1. The zero-order valence-corrected chi connectivity index (χ0v) is 13.9. The first-order valence-electron chi connectivity index (χ1n) is 7.56. The molecule has 0 N–H and O–H groups in total. The predicted octanol–water partition coefficient (Wildman–Crippen LogP) is 4.52. The minimum absolute atomic E-state index is 0.0366. The van der Waals surface area contributed by atoms with Crippen LogP contribution in [0.15, 0.2) is 28.7 Å². The summed E-state index contributed by atoms with van der Waals surface area (Å²) in [6, 6.07) is 8.28. The predicted molar refractivity (Wildman–Crippen MR) is 88.0 cm³/mol. The van der Waals surface area contributed by atoms with Gasteiger partial charge < -0.3 is 9.32 Å². The smallest absolute Gasteiger partial charge is 0.289 e. The quantitative estimate of drug-likeness (QED) is 0.743. The monoisotopic (exact) mass is 349 g/mol. The molecule has 1 aliphatic rings. The van der Waals surface area contributed by atoms with Gasteiger partial charge >= 0.3 is 0 Å². The van der Waals surface area contributed by atoms with E-state index >= 15 is 0 Å². The van der Waals surface area contributed by atoms with E-state index in [9.17, 15) is 4.79 Å². The van der Waals surface area contributed by atoms with Crippen molar-refractivity contribution >= 4 is 32.8 Å². The Bertz CT molecular complexity index is 645. The number of furan rings is 1. The summed E-state index contributed by atoms with van der Waals surface area (Å²) in [4.78, 5) is 14.8. The highest BCUT2D eigenvalue weighted by Crippen LogP contribution is 2.28. The van der Waals surface area contributed by atoms with E-state index in [0.717, 1.165) is 42.1 Å². The van der Waals surface area contributed by atoms with Crippen molar-refractivity contribution in [2.45, 2.75) is 38.6 Å². The van der Waals surface area contributed by atoms with Gasteiger partial charge in [-0.2, -0.15) is 0 Å². The van der Waals surface area contributed by atoms with E-state index in [0.29, 0.717) is 11.8 Å². The molecule has 1 aromatic heterocycles. The van der Waals surface area contributed by atoms with Crippen LogP contribution in [0, 0.1) is 6.92 Å². The van der Waals surface area contributed by atoms with Gasteiger partial charge in [0.05, 0.1) is 0 Å². The number of rotatable bonds is 5. The lowest BCUT2D eigenvalue weighted by Crippen LogP contribution is -2.44. The highest BCUT2D eigenvalue weighted by Gasteiger charge is 2.30. The average Bonchev–Trinajstić information content (AvgIpc) is 2.83. The number of amides is 1. The first kappa shape index (κ1) is 14.6. The molecule has 0 atom stereocenters. The minimum Gasteiger partial charge on any atom is -0.451 e. The van der Waals surface area contributed by atoms with E-state index in [2.05, 4.69) is 22.0 Å². The summed E-state index contributed by atoms with van der Waals surface area (Å²) in [5.41, 5.74) is 1.97. The number of hydrogen-bond acceptors (Lipinski definition) is 2. The third kappa shape index (κ3) is 3.00. The van der Waals surface area contributed by atoms with Gasteiger partial charge in [-0.25, -0.2) is 0 Å². The second kappa shape index (κ2) is 6.22. The molecule has 3 rings (SSSR count). The lowest BCUT2D eigenvalue weighted by molar-refractivity contribution is 0.0551. The maximum absolute atomic E-state index is 12.8. The zero-order chi connectivity index (χ0) is 14.8. The molecule has 0 spiro atoms. The van der Waals surface area contributed by atoms with E-state index in [4.69, 9.17) is 4.42 Å². The van der Waals surface area contributed by atoms with Crippen LogP contribution in [0.4, 0.5) is 0 Å². The van der Waals surface area contributed by atoms with Crippen LogP contribution in [0.25, 0.3) is 11.0 Å². The molecule has 0 radical (unpaired) electrons. The van der Waals surface area contributed by atoms with Gasteiger partial charge in [0.2, 0.25) is 0 Å². The van der Waals surface area contributed by atoms with Gasteiger partial charge in [0.1, 0.15) is 5.58 Å². The lowest BCUT2D eigenvalue weighted by atomic mass is 9.91. The Kier molecular flexibility index (Phi) is 4.34. The molecule has 2 aromatic rings. The molecule has 112 valence electrons. The summed E-state index contributed by atoms with van der Waals surface area (Å²) in [7, 11) is 0. The van der Waals surface area contributed by atoms with Gasteiger partial charge in [-0.1, -0.05) is 27.6 Å². The summed E-state index contributed by atoms with van der Waals surface area (Å²) in [5.74, 6) is 0.506. The molecule has 21 heavy (non-hydrogen) atoms. The zero-order valence-electron chi connectivity index (χ0n) is 12.3. The maximum Gasteiger partial charge on any atom is 0.289 e. The van der Waals surface area contributed by atoms with Crippen LogP contribution in [-0.2, 0) is 0 Å². The number of hydrogen-bond donors (Lipinski definition) is 0. The topological polar surface area (TPSA) is 33.5 Å². The second-order valence-corrected chi connectivity index (χ2v) is 6.57. The SMILES string of the molecule is Cc1ccc2oc(C(=O)N(CCCBr)C3CCC3)cc2c1. The normalized spacial score (nSPS) is 15.1. The summed E-state index contributed by atoms with van der Waals surface area (Å²) in [5, 5.41) is 1.93. The molecule has 1 saturated carbocycles. The van der Waals surface area contributed by atoms with E-state index in [1.807, 2.05) is 30.0 Å². The van der Waals surface area contributed by atoms with Gasteiger partial charge in [0.25, 0.3) is 5.91 Å². The van der Waals surface area contributed by atoms with Crippen molar-refractivity contribution < 1.29 is 9.21 Å². The van der Waals surface area contributed by atoms with Crippen LogP contribution in [0.1, 0.15) is 41.8 Å². The molecule has 0 aliphatic heterocycles. The third-order valence-electron chi connectivity index (χ3n) is 4.19. The van der Waals surface area contributed by atoms with Gasteiger partial charge in [-0.3, -0.25) is 4.79 Å². The molecule has 1 amide bonds. The largest absolute Gasteiger partial charge is 0.451 e. The lowest BCUT2D eigenvalue weighted by Gasteiger charge is -2.37. The number of aryl methyl sites for hydroxylation is 1. The van der Waals surface area contributed by atoms with Crippen LogP contribution < -0.4 is 0 Å². The van der Waals surface area contributed by atoms with E-state index in [1.54, 1.807) is 0 Å².